The lowest BCUT2D eigenvalue weighted by molar-refractivity contribution is -0.104. The van der Waals surface area contributed by atoms with Crippen molar-refractivity contribution in [3.63, 3.8) is 0 Å². The van der Waals surface area contributed by atoms with Crippen molar-refractivity contribution < 1.29 is 14.3 Å². The second-order valence-corrected chi connectivity index (χ2v) is 7.17. The lowest BCUT2D eigenvalue weighted by atomic mass is 10.2. The van der Waals surface area contributed by atoms with Gasteiger partial charge in [-0.1, -0.05) is 0 Å². The molecule has 2 aliphatic heterocycles. The van der Waals surface area contributed by atoms with Crippen molar-refractivity contribution in [2.24, 2.45) is 7.05 Å². The highest BCUT2D eigenvalue weighted by molar-refractivity contribution is 5.93. The van der Waals surface area contributed by atoms with Crippen LogP contribution in [0.25, 0.3) is 22.4 Å². The SMILES string of the molecule is Cn1ccc(-c2cc3c(N4CCN(C(=O)OC5COC5)CC4)ccnc3[nH]2)n1. The van der Waals surface area contributed by atoms with Gasteiger partial charge in [0.15, 0.2) is 6.10 Å². The fourth-order valence-corrected chi connectivity index (χ4v) is 3.61. The van der Waals surface area contributed by atoms with E-state index in [4.69, 9.17) is 9.47 Å². The molecule has 0 spiro atoms. The van der Waals surface area contributed by atoms with Gasteiger partial charge in [0.05, 0.1) is 18.9 Å². The summed E-state index contributed by atoms with van der Waals surface area (Å²) in [6, 6.07) is 6.09. The molecule has 2 saturated heterocycles. The average Bonchev–Trinajstić information content (AvgIpc) is 3.30. The molecule has 0 unspecified atom stereocenters. The monoisotopic (exact) mass is 382 g/mol. The predicted molar refractivity (Wildman–Crippen MR) is 103 cm³/mol. The van der Waals surface area contributed by atoms with E-state index in [-0.39, 0.29) is 12.2 Å². The number of pyridine rings is 1. The van der Waals surface area contributed by atoms with Gasteiger partial charge < -0.3 is 24.3 Å². The Morgan fingerprint density at radius 3 is 2.75 bits per heavy atom. The first-order valence-electron chi connectivity index (χ1n) is 9.43. The van der Waals surface area contributed by atoms with Crippen LogP contribution in [0.3, 0.4) is 0 Å². The van der Waals surface area contributed by atoms with Gasteiger partial charge in [0.25, 0.3) is 0 Å². The zero-order valence-corrected chi connectivity index (χ0v) is 15.7. The van der Waals surface area contributed by atoms with Crippen LogP contribution in [0.15, 0.2) is 30.6 Å². The number of anilines is 1. The number of aryl methyl sites for hydroxylation is 1. The highest BCUT2D eigenvalue weighted by Crippen LogP contribution is 2.30. The van der Waals surface area contributed by atoms with Crippen LogP contribution in [-0.4, -0.2) is 76.2 Å². The molecule has 2 fully saturated rings. The van der Waals surface area contributed by atoms with E-state index in [1.807, 2.05) is 31.6 Å². The van der Waals surface area contributed by atoms with Gasteiger partial charge in [-0.05, 0) is 18.2 Å². The number of aromatic nitrogens is 4. The quantitative estimate of drug-likeness (QED) is 0.741. The summed E-state index contributed by atoms with van der Waals surface area (Å²) in [7, 11) is 1.90. The molecule has 9 nitrogen and oxygen atoms in total. The maximum absolute atomic E-state index is 12.2. The zero-order chi connectivity index (χ0) is 19.1. The van der Waals surface area contributed by atoms with Crippen LogP contribution in [0.5, 0.6) is 0 Å². The molecular weight excluding hydrogens is 360 g/mol. The Hall–Kier alpha value is -3.07. The summed E-state index contributed by atoms with van der Waals surface area (Å²) in [4.78, 5) is 24.1. The summed E-state index contributed by atoms with van der Waals surface area (Å²) in [5, 5.41) is 5.52. The number of piperazine rings is 1. The second-order valence-electron chi connectivity index (χ2n) is 7.17. The summed E-state index contributed by atoms with van der Waals surface area (Å²) in [6.45, 7) is 3.78. The number of nitrogens with zero attached hydrogens (tertiary/aromatic N) is 5. The minimum Gasteiger partial charge on any atom is -0.441 e. The molecule has 2 aliphatic rings. The average molecular weight is 382 g/mol. The summed E-state index contributed by atoms with van der Waals surface area (Å²) >= 11 is 0. The van der Waals surface area contributed by atoms with Crippen molar-refractivity contribution in [2.75, 3.05) is 44.3 Å². The Balaban J connectivity index is 1.32. The van der Waals surface area contributed by atoms with Gasteiger partial charge in [0.2, 0.25) is 0 Å². The van der Waals surface area contributed by atoms with E-state index in [0.717, 1.165) is 41.2 Å². The van der Waals surface area contributed by atoms with Crippen molar-refractivity contribution >= 4 is 22.8 Å². The van der Waals surface area contributed by atoms with Gasteiger partial charge in [-0.25, -0.2) is 9.78 Å². The highest BCUT2D eigenvalue weighted by Gasteiger charge is 2.28. The van der Waals surface area contributed by atoms with Gasteiger partial charge in [-0.15, -0.1) is 0 Å². The van der Waals surface area contributed by atoms with Crippen LogP contribution in [0.1, 0.15) is 0 Å². The molecule has 0 saturated carbocycles. The first kappa shape index (κ1) is 17.1. The van der Waals surface area contributed by atoms with Crippen molar-refractivity contribution in [3.05, 3.63) is 30.6 Å². The Labute approximate surface area is 161 Å². The summed E-state index contributed by atoms with van der Waals surface area (Å²) in [5.41, 5.74) is 3.79. The molecule has 3 aromatic rings. The molecule has 0 bridgehead atoms. The maximum atomic E-state index is 12.2. The molecule has 9 heteroatoms. The summed E-state index contributed by atoms with van der Waals surface area (Å²) in [5.74, 6) is 0. The molecule has 1 N–H and O–H groups in total. The number of hydrogen-bond donors (Lipinski definition) is 1. The molecule has 1 amide bonds. The van der Waals surface area contributed by atoms with Crippen LogP contribution >= 0.6 is 0 Å². The Bertz CT molecular complexity index is 1000. The molecule has 5 rings (SSSR count). The lowest BCUT2D eigenvalue weighted by Gasteiger charge is -2.37. The molecule has 0 atom stereocenters. The van der Waals surface area contributed by atoms with Crippen molar-refractivity contribution in [1.29, 1.82) is 0 Å². The normalized spacial score (nSPS) is 17.8. The van der Waals surface area contributed by atoms with Crippen LogP contribution in [-0.2, 0) is 16.5 Å². The van der Waals surface area contributed by atoms with Crippen LogP contribution in [0.4, 0.5) is 10.5 Å². The number of carbonyl (C=O) groups excluding carboxylic acids is 1. The number of ether oxygens (including phenoxy) is 2. The lowest BCUT2D eigenvalue weighted by Crippen LogP contribution is -2.51. The first-order valence-corrected chi connectivity index (χ1v) is 9.43. The molecule has 28 heavy (non-hydrogen) atoms. The van der Waals surface area contributed by atoms with Gasteiger partial charge in [-0.2, -0.15) is 5.10 Å². The largest absolute Gasteiger partial charge is 0.441 e. The third-order valence-electron chi connectivity index (χ3n) is 5.25. The number of H-pyrrole nitrogens is 1. The molecule has 5 heterocycles. The number of amides is 1. The Kier molecular flexibility index (Phi) is 4.16. The maximum Gasteiger partial charge on any atom is 0.410 e. The Morgan fingerprint density at radius 1 is 1.25 bits per heavy atom. The van der Waals surface area contributed by atoms with E-state index >= 15 is 0 Å². The summed E-state index contributed by atoms with van der Waals surface area (Å²) < 4.78 is 12.2. The van der Waals surface area contributed by atoms with Crippen LogP contribution in [0.2, 0.25) is 0 Å². The number of fused-ring (bicyclic) bond motifs is 1. The summed E-state index contributed by atoms with van der Waals surface area (Å²) in [6.07, 6.45) is 3.40. The second kappa shape index (κ2) is 6.83. The Morgan fingerprint density at radius 2 is 2.07 bits per heavy atom. The minimum atomic E-state index is -0.244. The topological polar surface area (TPSA) is 88.5 Å². The third kappa shape index (κ3) is 3.07. The van der Waals surface area contributed by atoms with Gasteiger partial charge in [0, 0.05) is 56.7 Å². The smallest absolute Gasteiger partial charge is 0.410 e. The molecule has 0 aromatic carbocycles. The standard InChI is InChI=1S/C19H22N6O3/c1-23-5-3-15(22-23)16-10-14-17(2-4-20-18(14)21-16)24-6-8-25(9-7-24)19(26)28-13-11-27-12-13/h2-5,10,13H,6-9,11-12H2,1H3,(H,20,21). The highest BCUT2D eigenvalue weighted by atomic mass is 16.6. The van der Waals surface area contributed by atoms with Gasteiger partial charge >= 0.3 is 6.09 Å². The van der Waals surface area contributed by atoms with Crippen molar-refractivity contribution in [1.82, 2.24) is 24.6 Å². The predicted octanol–water partition coefficient (Wildman–Crippen LogP) is 1.62. The fraction of sp³-hybridized carbons (Fsp3) is 0.421. The number of hydrogen-bond acceptors (Lipinski definition) is 6. The zero-order valence-electron chi connectivity index (χ0n) is 15.7. The molecule has 0 radical (unpaired) electrons. The van der Waals surface area contributed by atoms with Gasteiger partial charge in [-0.3, -0.25) is 4.68 Å². The van der Waals surface area contributed by atoms with Crippen molar-refractivity contribution in [2.45, 2.75) is 6.10 Å². The molecule has 146 valence electrons. The molecule has 3 aromatic heterocycles. The van der Waals surface area contributed by atoms with Crippen LogP contribution in [0, 0.1) is 0 Å². The van der Waals surface area contributed by atoms with Crippen LogP contribution < -0.4 is 4.90 Å². The minimum absolute atomic E-state index is 0.0878. The van der Waals surface area contributed by atoms with E-state index in [9.17, 15) is 4.79 Å². The van der Waals surface area contributed by atoms with Gasteiger partial charge in [0.1, 0.15) is 11.3 Å². The number of aromatic amines is 1. The molecule has 0 aliphatic carbocycles. The van der Waals surface area contributed by atoms with E-state index in [2.05, 4.69) is 26.0 Å². The fourth-order valence-electron chi connectivity index (χ4n) is 3.61. The van der Waals surface area contributed by atoms with Crippen molar-refractivity contribution in [3.8, 4) is 11.4 Å². The third-order valence-corrected chi connectivity index (χ3v) is 5.25. The number of rotatable bonds is 3. The molecular formula is C19H22N6O3. The number of nitrogens with one attached hydrogen (secondary N) is 1. The van der Waals surface area contributed by atoms with E-state index in [1.54, 1.807) is 9.58 Å². The first-order chi connectivity index (χ1) is 13.7. The van der Waals surface area contributed by atoms with E-state index < -0.39 is 0 Å². The number of carbonyl (C=O) groups is 1. The van der Waals surface area contributed by atoms with E-state index in [1.165, 1.54) is 0 Å². The van der Waals surface area contributed by atoms with E-state index in [0.29, 0.717) is 26.3 Å².